The molecule has 0 aliphatic heterocycles. The van der Waals surface area contributed by atoms with E-state index in [4.69, 9.17) is 5.73 Å². The number of para-hydroxylation sites is 1. The van der Waals surface area contributed by atoms with Crippen LogP contribution in [0.25, 0.3) is 0 Å². The molecule has 1 heteroatoms. The molecule has 0 heterocycles. The van der Waals surface area contributed by atoms with Crippen LogP contribution in [-0.2, 0) is 6.42 Å². The third-order valence-electron chi connectivity index (χ3n) is 6.35. The number of aryl methyl sites for hydroxylation is 1. The first-order chi connectivity index (χ1) is 14.3. The van der Waals surface area contributed by atoms with Crippen molar-refractivity contribution in [2.45, 2.75) is 142 Å². The van der Waals surface area contributed by atoms with E-state index in [0.717, 1.165) is 12.1 Å². The zero-order chi connectivity index (χ0) is 20.8. The highest BCUT2D eigenvalue weighted by Gasteiger charge is 1.98. The molecule has 29 heavy (non-hydrogen) atoms. The van der Waals surface area contributed by atoms with Crippen molar-refractivity contribution in [1.29, 1.82) is 0 Å². The van der Waals surface area contributed by atoms with Crippen LogP contribution in [0.2, 0.25) is 0 Å². The molecule has 0 aliphatic rings. The average molecular weight is 402 g/mol. The van der Waals surface area contributed by atoms with Crippen LogP contribution in [0.1, 0.15) is 141 Å². The predicted molar refractivity (Wildman–Crippen MR) is 133 cm³/mol. The van der Waals surface area contributed by atoms with Crippen LogP contribution in [0, 0.1) is 0 Å². The molecule has 168 valence electrons. The first-order valence-corrected chi connectivity index (χ1v) is 13.2. The second-order valence-electron chi connectivity index (χ2n) is 9.17. The molecule has 1 nitrogen and oxygen atoms in total. The van der Waals surface area contributed by atoms with E-state index in [1.54, 1.807) is 0 Å². The third kappa shape index (κ3) is 16.5. The minimum Gasteiger partial charge on any atom is -0.399 e. The Labute approximate surface area is 183 Å². The summed E-state index contributed by atoms with van der Waals surface area (Å²) in [6.45, 7) is 2.30. The molecular formula is C28H51N. The Morgan fingerprint density at radius 1 is 0.483 bits per heavy atom. The summed E-state index contributed by atoms with van der Waals surface area (Å²) in [7, 11) is 0. The van der Waals surface area contributed by atoms with Crippen LogP contribution in [0.5, 0.6) is 0 Å². The number of anilines is 1. The minimum atomic E-state index is 0.963. The van der Waals surface area contributed by atoms with E-state index in [1.165, 1.54) is 134 Å². The van der Waals surface area contributed by atoms with Crippen LogP contribution in [-0.4, -0.2) is 0 Å². The average Bonchev–Trinajstić information content (AvgIpc) is 2.73. The van der Waals surface area contributed by atoms with Crippen LogP contribution in [0.4, 0.5) is 5.69 Å². The van der Waals surface area contributed by atoms with Gasteiger partial charge >= 0.3 is 0 Å². The molecule has 0 aliphatic carbocycles. The Morgan fingerprint density at radius 3 is 1.21 bits per heavy atom. The highest BCUT2D eigenvalue weighted by Crippen LogP contribution is 2.17. The Bertz CT molecular complexity index is 453. The maximum atomic E-state index is 6.01. The summed E-state index contributed by atoms with van der Waals surface area (Å²) < 4.78 is 0. The van der Waals surface area contributed by atoms with Crippen molar-refractivity contribution in [3.05, 3.63) is 29.8 Å². The van der Waals surface area contributed by atoms with Crippen LogP contribution in [0.15, 0.2) is 24.3 Å². The van der Waals surface area contributed by atoms with Crippen molar-refractivity contribution < 1.29 is 0 Å². The number of benzene rings is 1. The monoisotopic (exact) mass is 401 g/mol. The number of hydrogen-bond donors (Lipinski definition) is 1. The van der Waals surface area contributed by atoms with Crippen molar-refractivity contribution in [2.75, 3.05) is 5.73 Å². The molecule has 0 amide bonds. The largest absolute Gasteiger partial charge is 0.399 e. The van der Waals surface area contributed by atoms with Gasteiger partial charge in [-0.2, -0.15) is 0 Å². The van der Waals surface area contributed by atoms with Crippen LogP contribution in [0.3, 0.4) is 0 Å². The second kappa shape index (κ2) is 20.3. The van der Waals surface area contributed by atoms with Crippen molar-refractivity contribution in [3.8, 4) is 0 Å². The van der Waals surface area contributed by atoms with Crippen LogP contribution >= 0.6 is 0 Å². The lowest BCUT2D eigenvalue weighted by Crippen LogP contribution is -1.93. The molecule has 1 aromatic rings. The van der Waals surface area contributed by atoms with Crippen molar-refractivity contribution >= 4 is 5.69 Å². The zero-order valence-electron chi connectivity index (χ0n) is 19.7. The van der Waals surface area contributed by atoms with Crippen molar-refractivity contribution in [1.82, 2.24) is 0 Å². The van der Waals surface area contributed by atoms with Gasteiger partial charge in [-0.25, -0.2) is 0 Å². The number of nitrogen functional groups attached to an aromatic ring is 1. The summed E-state index contributed by atoms with van der Waals surface area (Å²) >= 11 is 0. The quantitative estimate of drug-likeness (QED) is 0.161. The topological polar surface area (TPSA) is 26.0 Å². The van der Waals surface area contributed by atoms with Crippen molar-refractivity contribution in [3.63, 3.8) is 0 Å². The molecule has 1 rings (SSSR count). The van der Waals surface area contributed by atoms with Gasteiger partial charge in [0.1, 0.15) is 0 Å². The fraction of sp³-hybridized carbons (Fsp3) is 0.786. The van der Waals surface area contributed by atoms with E-state index in [9.17, 15) is 0 Å². The normalized spacial score (nSPS) is 11.2. The van der Waals surface area contributed by atoms with Gasteiger partial charge in [0.15, 0.2) is 0 Å². The van der Waals surface area contributed by atoms with Gasteiger partial charge in [0.05, 0.1) is 0 Å². The summed E-state index contributed by atoms with van der Waals surface area (Å²) in [5.41, 5.74) is 8.30. The van der Waals surface area contributed by atoms with Crippen molar-refractivity contribution in [2.24, 2.45) is 0 Å². The molecule has 1 aromatic carbocycles. The molecule has 0 unspecified atom stereocenters. The molecule has 0 spiro atoms. The smallest absolute Gasteiger partial charge is 0.0346 e. The van der Waals surface area contributed by atoms with E-state index < -0.39 is 0 Å². The van der Waals surface area contributed by atoms with E-state index in [0.29, 0.717) is 0 Å². The first kappa shape index (κ1) is 26.1. The number of hydrogen-bond acceptors (Lipinski definition) is 1. The maximum Gasteiger partial charge on any atom is 0.0346 e. The maximum absolute atomic E-state index is 6.01. The molecule has 0 bridgehead atoms. The fourth-order valence-electron chi connectivity index (χ4n) is 4.33. The van der Waals surface area contributed by atoms with Crippen LogP contribution < -0.4 is 5.73 Å². The summed E-state index contributed by atoms with van der Waals surface area (Å²) in [4.78, 5) is 0. The minimum absolute atomic E-state index is 0.963. The van der Waals surface area contributed by atoms with E-state index in [-0.39, 0.29) is 0 Å². The van der Waals surface area contributed by atoms with Gasteiger partial charge in [0.2, 0.25) is 0 Å². The first-order valence-electron chi connectivity index (χ1n) is 13.2. The summed E-state index contributed by atoms with van der Waals surface area (Å²) in [6.07, 6.45) is 29.9. The van der Waals surface area contributed by atoms with E-state index in [1.807, 2.05) is 12.1 Å². The molecule has 0 saturated heterocycles. The lowest BCUT2D eigenvalue weighted by molar-refractivity contribution is 0.522. The van der Waals surface area contributed by atoms with Gasteiger partial charge in [0.25, 0.3) is 0 Å². The predicted octanol–water partition coefficient (Wildman–Crippen LogP) is 9.63. The summed E-state index contributed by atoms with van der Waals surface area (Å²) in [5, 5.41) is 0. The highest BCUT2D eigenvalue weighted by molar-refractivity contribution is 5.46. The number of rotatable bonds is 21. The molecule has 0 fully saturated rings. The molecule has 0 aromatic heterocycles. The van der Waals surface area contributed by atoms with Gasteiger partial charge in [-0.1, -0.05) is 147 Å². The highest BCUT2D eigenvalue weighted by atomic mass is 14.6. The van der Waals surface area contributed by atoms with Gasteiger partial charge in [-0.15, -0.1) is 0 Å². The van der Waals surface area contributed by atoms with E-state index in [2.05, 4.69) is 19.1 Å². The Hall–Kier alpha value is -0.980. The summed E-state index contributed by atoms with van der Waals surface area (Å²) in [6, 6.07) is 8.31. The van der Waals surface area contributed by atoms with Gasteiger partial charge in [-0.3, -0.25) is 0 Å². The molecule has 0 saturated carbocycles. The second-order valence-corrected chi connectivity index (χ2v) is 9.17. The van der Waals surface area contributed by atoms with Gasteiger partial charge in [0, 0.05) is 5.69 Å². The fourth-order valence-corrected chi connectivity index (χ4v) is 4.33. The molecule has 2 N–H and O–H groups in total. The Kier molecular flexibility index (Phi) is 18.2. The molecule has 0 atom stereocenters. The van der Waals surface area contributed by atoms with E-state index >= 15 is 0 Å². The zero-order valence-corrected chi connectivity index (χ0v) is 19.7. The number of unbranched alkanes of at least 4 members (excludes halogenated alkanes) is 19. The standard InChI is InChI=1S/C28H51N/c1-2-3-4-5-6-7-8-9-10-11-12-13-14-15-16-17-18-19-20-21-24-27-25-22-23-26-28(27)29/h22-23,25-26H,2-21,24,29H2,1H3. The number of nitrogens with two attached hydrogens (primary N) is 1. The summed E-state index contributed by atoms with van der Waals surface area (Å²) in [5.74, 6) is 0. The Balaban J connectivity index is 1.70. The third-order valence-corrected chi connectivity index (χ3v) is 6.35. The molecular weight excluding hydrogens is 350 g/mol. The SMILES string of the molecule is CCCCCCCCCCCCCCCCCCCCCCc1ccccc1N. The Morgan fingerprint density at radius 2 is 0.828 bits per heavy atom. The lowest BCUT2D eigenvalue weighted by Gasteiger charge is -2.05. The lowest BCUT2D eigenvalue weighted by atomic mass is 10.0. The molecule has 0 radical (unpaired) electrons. The van der Waals surface area contributed by atoms with Gasteiger partial charge < -0.3 is 5.73 Å². The van der Waals surface area contributed by atoms with Gasteiger partial charge in [-0.05, 0) is 24.5 Å².